The van der Waals surface area contributed by atoms with Crippen molar-refractivity contribution in [3.05, 3.63) is 88.3 Å². The molecular weight excluding hydrogens is 461 g/mol. The molecule has 0 aliphatic carbocycles. The lowest BCUT2D eigenvalue weighted by molar-refractivity contribution is 0.0935. The number of hydrogen-bond donors (Lipinski definition) is 2. The smallest absolute Gasteiger partial charge is 0.270 e. The molecule has 0 bridgehead atoms. The highest BCUT2D eigenvalue weighted by atomic mass is 32.2. The van der Waals surface area contributed by atoms with Crippen LogP contribution in [0.15, 0.2) is 53.7 Å². The molecule has 1 aliphatic rings. The summed E-state index contributed by atoms with van der Waals surface area (Å²) in [6.07, 6.45) is 1.06. The van der Waals surface area contributed by atoms with Crippen molar-refractivity contribution in [2.24, 2.45) is 0 Å². The number of sulfone groups is 1. The van der Waals surface area contributed by atoms with E-state index in [0.29, 0.717) is 16.7 Å². The summed E-state index contributed by atoms with van der Waals surface area (Å²) in [5.74, 6) is -1.93. The van der Waals surface area contributed by atoms with Crippen molar-refractivity contribution in [3.8, 4) is 6.07 Å². The third-order valence-electron chi connectivity index (χ3n) is 5.35. The molecule has 0 saturated heterocycles. The van der Waals surface area contributed by atoms with Crippen LogP contribution < -0.4 is 10.6 Å². The van der Waals surface area contributed by atoms with Crippen molar-refractivity contribution in [1.29, 1.82) is 5.26 Å². The average Bonchev–Trinajstić information content (AvgIpc) is 3.08. The molecule has 0 saturated carbocycles. The first-order valence-electron chi connectivity index (χ1n) is 10.1. The van der Waals surface area contributed by atoms with Crippen molar-refractivity contribution in [3.63, 3.8) is 0 Å². The van der Waals surface area contributed by atoms with E-state index in [0.717, 1.165) is 6.33 Å². The molecule has 0 fully saturated rings. The van der Waals surface area contributed by atoms with Gasteiger partial charge in [0, 0.05) is 12.6 Å². The van der Waals surface area contributed by atoms with Crippen molar-refractivity contribution < 1.29 is 22.4 Å². The average molecular weight is 479 g/mol. The van der Waals surface area contributed by atoms with E-state index in [9.17, 15) is 22.4 Å². The molecule has 1 atom stereocenters. The number of nitrogens with one attached hydrogen (secondary N) is 2. The number of aromatic nitrogens is 2. The molecule has 2 N–H and O–H groups in total. The Labute approximate surface area is 194 Å². The Bertz CT molecular complexity index is 1470. The molecule has 2 heterocycles. The van der Waals surface area contributed by atoms with Crippen molar-refractivity contribution in [2.75, 3.05) is 5.75 Å². The largest absolute Gasteiger partial charge is 0.347 e. The van der Waals surface area contributed by atoms with E-state index in [1.807, 2.05) is 6.07 Å². The maximum atomic E-state index is 13.4. The van der Waals surface area contributed by atoms with E-state index in [4.69, 9.17) is 5.26 Å². The molecule has 0 spiro atoms. The van der Waals surface area contributed by atoms with Crippen molar-refractivity contribution in [1.82, 2.24) is 20.6 Å². The summed E-state index contributed by atoms with van der Waals surface area (Å²) in [4.78, 5) is 33.0. The molecule has 172 valence electrons. The summed E-state index contributed by atoms with van der Waals surface area (Å²) in [7, 11) is -3.66. The zero-order valence-corrected chi connectivity index (χ0v) is 18.7. The van der Waals surface area contributed by atoms with Gasteiger partial charge in [0.05, 0.1) is 28.3 Å². The fourth-order valence-electron chi connectivity index (χ4n) is 3.61. The summed E-state index contributed by atoms with van der Waals surface area (Å²) in [5.41, 5.74) is 1.56. The SMILES string of the molecule is Cc1cc(CNC(=O)c2cc(C(=O)N[C@@H]3CS(=O)(=O)c4cc(C#N)ccc43)ncn2)ccc1F. The summed E-state index contributed by atoms with van der Waals surface area (Å²) in [5, 5.41) is 14.3. The van der Waals surface area contributed by atoms with E-state index in [1.54, 1.807) is 19.1 Å². The predicted octanol–water partition coefficient (Wildman–Crippen LogP) is 1.98. The van der Waals surface area contributed by atoms with Crippen LogP contribution in [0.1, 0.15) is 49.3 Å². The van der Waals surface area contributed by atoms with Crippen LogP contribution >= 0.6 is 0 Å². The number of nitriles is 1. The lowest BCUT2D eigenvalue weighted by atomic mass is 10.1. The molecular formula is C23H18FN5O4S. The Morgan fingerprint density at radius 2 is 1.85 bits per heavy atom. The van der Waals surface area contributed by atoms with Gasteiger partial charge in [-0.1, -0.05) is 18.2 Å². The second kappa shape index (κ2) is 8.99. The monoisotopic (exact) mass is 479 g/mol. The van der Waals surface area contributed by atoms with Gasteiger partial charge in [0.25, 0.3) is 11.8 Å². The molecule has 9 nitrogen and oxygen atoms in total. The van der Waals surface area contributed by atoms with Gasteiger partial charge in [-0.15, -0.1) is 0 Å². The van der Waals surface area contributed by atoms with Crippen molar-refractivity contribution in [2.45, 2.75) is 24.4 Å². The minimum Gasteiger partial charge on any atom is -0.347 e. The number of benzene rings is 2. The molecule has 1 aromatic heterocycles. The fraction of sp³-hybridized carbons (Fsp3) is 0.174. The highest BCUT2D eigenvalue weighted by Gasteiger charge is 2.36. The molecule has 4 rings (SSSR count). The van der Waals surface area contributed by atoms with E-state index in [2.05, 4.69) is 20.6 Å². The van der Waals surface area contributed by atoms with Gasteiger partial charge in [-0.2, -0.15) is 5.26 Å². The van der Waals surface area contributed by atoms with Crippen LogP contribution in [0.2, 0.25) is 0 Å². The summed E-state index contributed by atoms with van der Waals surface area (Å²) in [6.45, 7) is 1.75. The lowest BCUT2D eigenvalue weighted by Crippen LogP contribution is -2.31. The summed E-state index contributed by atoms with van der Waals surface area (Å²) >= 11 is 0. The number of fused-ring (bicyclic) bond motifs is 1. The molecule has 3 aromatic rings. The van der Waals surface area contributed by atoms with Gasteiger partial charge >= 0.3 is 0 Å². The lowest BCUT2D eigenvalue weighted by Gasteiger charge is -2.13. The first-order valence-corrected chi connectivity index (χ1v) is 11.8. The number of hydrogen-bond acceptors (Lipinski definition) is 7. The normalized spacial score (nSPS) is 15.7. The Hall–Kier alpha value is -4.17. The number of amides is 2. The van der Waals surface area contributed by atoms with Gasteiger partial charge in [0.15, 0.2) is 9.84 Å². The predicted molar refractivity (Wildman–Crippen MR) is 118 cm³/mol. The minimum atomic E-state index is -3.66. The zero-order chi connectivity index (χ0) is 24.5. The number of rotatable bonds is 5. The quantitative estimate of drug-likeness (QED) is 0.570. The Morgan fingerprint density at radius 3 is 2.56 bits per heavy atom. The van der Waals surface area contributed by atoms with Crippen LogP contribution in [-0.2, 0) is 16.4 Å². The number of halogens is 1. The van der Waals surface area contributed by atoms with Gasteiger partial charge < -0.3 is 10.6 Å². The third-order valence-corrected chi connectivity index (χ3v) is 7.15. The van der Waals surface area contributed by atoms with E-state index >= 15 is 0 Å². The second-order valence-electron chi connectivity index (χ2n) is 7.73. The highest BCUT2D eigenvalue weighted by Crippen LogP contribution is 2.34. The van der Waals surface area contributed by atoms with Crippen LogP contribution in [0.4, 0.5) is 4.39 Å². The Balaban J connectivity index is 1.47. The van der Waals surface area contributed by atoms with Crippen LogP contribution in [0.5, 0.6) is 0 Å². The first kappa shape index (κ1) is 23.0. The third kappa shape index (κ3) is 4.62. The Morgan fingerprint density at radius 1 is 1.12 bits per heavy atom. The number of nitrogens with zero attached hydrogens (tertiary/aromatic N) is 3. The first-order chi connectivity index (χ1) is 16.2. The van der Waals surface area contributed by atoms with Crippen LogP contribution in [-0.4, -0.2) is 36.0 Å². The van der Waals surface area contributed by atoms with Gasteiger partial charge in [-0.05, 0) is 41.8 Å². The van der Waals surface area contributed by atoms with E-state index in [-0.39, 0.29) is 40.0 Å². The second-order valence-corrected chi connectivity index (χ2v) is 9.73. The number of carbonyl (C=O) groups is 2. The van der Waals surface area contributed by atoms with Crippen molar-refractivity contribution >= 4 is 21.7 Å². The van der Waals surface area contributed by atoms with Crippen LogP contribution in [0.25, 0.3) is 0 Å². The standard InChI is InChI=1S/C23H18FN5O4S/c1-13-6-15(3-5-17(13)24)10-26-22(30)18-8-19(28-12-27-18)23(31)29-20-11-34(32,33)21-7-14(9-25)2-4-16(20)21/h2-8,12,20H,10-11H2,1H3,(H,26,30)(H,29,31)/t20-/m1/s1. The van der Waals surface area contributed by atoms with Crippen LogP contribution in [0, 0.1) is 24.1 Å². The topological polar surface area (TPSA) is 142 Å². The number of carbonyl (C=O) groups excluding carboxylic acids is 2. The zero-order valence-electron chi connectivity index (χ0n) is 17.9. The summed E-state index contributed by atoms with van der Waals surface area (Å²) in [6, 6.07) is 11.0. The molecule has 1 aliphatic heterocycles. The van der Waals surface area contributed by atoms with E-state index < -0.39 is 27.7 Å². The van der Waals surface area contributed by atoms with Gasteiger partial charge in [-0.3, -0.25) is 9.59 Å². The maximum Gasteiger partial charge on any atom is 0.270 e. The molecule has 0 unspecified atom stereocenters. The molecule has 34 heavy (non-hydrogen) atoms. The Kier molecular flexibility index (Phi) is 6.08. The maximum absolute atomic E-state index is 13.4. The molecule has 0 radical (unpaired) electrons. The molecule has 2 aromatic carbocycles. The number of aryl methyl sites for hydroxylation is 1. The molecule has 2 amide bonds. The summed E-state index contributed by atoms with van der Waals surface area (Å²) < 4.78 is 38.3. The van der Waals surface area contributed by atoms with Gasteiger partial charge in [-0.25, -0.2) is 22.8 Å². The highest BCUT2D eigenvalue weighted by molar-refractivity contribution is 7.91. The fourth-order valence-corrected chi connectivity index (χ4v) is 5.36. The van der Waals surface area contributed by atoms with E-state index in [1.165, 1.54) is 30.3 Å². The molecule has 11 heteroatoms. The van der Waals surface area contributed by atoms with Crippen LogP contribution in [0.3, 0.4) is 0 Å². The van der Waals surface area contributed by atoms with Gasteiger partial charge in [0.1, 0.15) is 23.5 Å². The van der Waals surface area contributed by atoms with Gasteiger partial charge in [0.2, 0.25) is 0 Å². The minimum absolute atomic E-state index is 0.00985.